The predicted octanol–water partition coefficient (Wildman–Crippen LogP) is 0.483. The zero-order chi connectivity index (χ0) is 8.27. The first-order chi connectivity index (χ1) is 5.18. The fourth-order valence-electron chi connectivity index (χ4n) is 0.716. The average Bonchev–Trinajstić information content (AvgIpc) is 2.31. The molecule has 1 aromatic rings. The lowest BCUT2D eigenvalue weighted by Crippen LogP contribution is -2.00. The van der Waals surface area contributed by atoms with Crippen LogP contribution in [0.25, 0.3) is 0 Å². The van der Waals surface area contributed by atoms with Crippen LogP contribution in [0.2, 0.25) is 0 Å². The smallest absolute Gasteiger partial charge is 0.303 e. The van der Waals surface area contributed by atoms with E-state index in [2.05, 4.69) is 5.10 Å². The minimum absolute atomic E-state index is 0.260. The lowest BCUT2D eigenvalue weighted by molar-refractivity contribution is -0.142. The second kappa shape index (κ2) is 3.18. The maximum atomic E-state index is 10.4. The van der Waals surface area contributed by atoms with Crippen LogP contribution in [-0.4, -0.2) is 15.7 Å². The molecular formula is C7H10N2O2. The third kappa shape index (κ3) is 2.41. The molecule has 4 heteroatoms. The summed E-state index contributed by atoms with van der Waals surface area (Å²) < 4.78 is 6.39. The molecule has 11 heavy (non-hydrogen) atoms. The van der Waals surface area contributed by atoms with Gasteiger partial charge in [0, 0.05) is 20.2 Å². The number of aryl methyl sites for hydroxylation is 1. The highest BCUT2D eigenvalue weighted by atomic mass is 16.5. The Balaban J connectivity index is 2.45. The number of nitrogens with zero attached hydrogens (tertiary/aromatic N) is 2. The van der Waals surface area contributed by atoms with Gasteiger partial charge in [-0.2, -0.15) is 5.10 Å². The van der Waals surface area contributed by atoms with Crippen molar-refractivity contribution in [2.24, 2.45) is 7.05 Å². The lowest BCUT2D eigenvalue weighted by atomic mass is 10.5. The molecule has 1 aromatic heterocycles. The Labute approximate surface area is 64.8 Å². The van der Waals surface area contributed by atoms with E-state index >= 15 is 0 Å². The highest BCUT2D eigenvalue weighted by Gasteiger charge is 1.97. The van der Waals surface area contributed by atoms with E-state index in [0.717, 1.165) is 5.69 Å². The Kier molecular flexibility index (Phi) is 2.25. The molecule has 0 N–H and O–H groups in total. The minimum Gasteiger partial charge on any atom is -0.459 e. The molecule has 60 valence electrons. The predicted molar refractivity (Wildman–Crippen MR) is 38.7 cm³/mol. The molecule has 0 aliphatic rings. The van der Waals surface area contributed by atoms with Crippen molar-refractivity contribution >= 4 is 5.97 Å². The fraction of sp³-hybridized carbons (Fsp3) is 0.429. The Morgan fingerprint density at radius 3 is 3.00 bits per heavy atom. The topological polar surface area (TPSA) is 44.1 Å². The summed E-state index contributed by atoms with van der Waals surface area (Å²) in [5, 5.41) is 4.02. The van der Waals surface area contributed by atoms with Crippen molar-refractivity contribution in [3.8, 4) is 0 Å². The van der Waals surface area contributed by atoms with Gasteiger partial charge in [0.15, 0.2) is 0 Å². The van der Waals surface area contributed by atoms with E-state index in [1.807, 2.05) is 13.1 Å². The van der Waals surface area contributed by atoms with Gasteiger partial charge in [-0.05, 0) is 6.07 Å². The first kappa shape index (κ1) is 7.78. The van der Waals surface area contributed by atoms with E-state index < -0.39 is 0 Å². The summed E-state index contributed by atoms with van der Waals surface area (Å²) in [5.74, 6) is -0.282. The molecular weight excluding hydrogens is 144 g/mol. The summed E-state index contributed by atoms with van der Waals surface area (Å²) in [4.78, 5) is 10.4. The Morgan fingerprint density at radius 1 is 1.82 bits per heavy atom. The van der Waals surface area contributed by atoms with Crippen molar-refractivity contribution in [2.75, 3.05) is 0 Å². The van der Waals surface area contributed by atoms with E-state index in [0.29, 0.717) is 0 Å². The SMILES string of the molecule is CC(=O)OCc1ccn(C)n1. The van der Waals surface area contributed by atoms with Crippen LogP contribution < -0.4 is 0 Å². The van der Waals surface area contributed by atoms with E-state index in [1.54, 1.807) is 10.9 Å². The van der Waals surface area contributed by atoms with Gasteiger partial charge in [0.25, 0.3) is 0 Å². The molecule has 0 unspecified atom stereocenters. The van der Waals surface area contributed by atoms with E-state index in [-0.39, 0.29) is 12.6 Å². The molecule has 0 aliphatic heterocycles. The molecule has 0 radical (unpaired) electrons. The maximum absolute atomic E-state index is 10.4. The third-order valence-corrected chi connectivity index (χ3v) is 1.19. The first-order valence-corrected chi connectivity index (χ1v) is 3.30. The van der Waals surface area contributed by atoms with Crippen molar-refractivity contribution in [1.82, 2.24) is 9.78 Å². The monoisotopic (exact) mass is 154 g/mol. The number of rotatable bonds is 2. The van der Waals surface area contributed by atoms with Crippen molar-refractivity contribution in [2.45, 2.75) is 13.5 Å². The largest absolute Gasteiger partial charge is 0.459 e. The maximum Gasteiger partial charge on any atom is 0.303 e. The molecule has 0 atom stereocenters. The van der Waals surface area contributed by atoms with Gasteiger partial charge in [-0.1, -0.05) is 0 Å². The summed E-state index contributed by atoms with van der Waals surface area (Å²) in [6.45, 7) is 1.64. The van der Waals surface area contributed by atoms with Crippen molar-refractivity contribution in [1.29, 1.82) is 0 Å². The quantitative estimate of drug-likeness (QED) is 0.582. The zero-order valence-corrected chi connectivity index (χ0v) is 6.57. The van der Waals surface area contributed by atoms with Crippen molar-refractivity contribution in [3.63, 3.8) is 0 Å². The summed E-state index contributed by atoms with van der Waals surface area (Å²) >= 11 is 0. The Bertz CT molecular complexity index is 255. The second-order valence-electron chi connectivity index (χ2n) is 2.26. The zero-order valence-electron chi connectivity index (χ0n) is 6.57. The van der Waals surface area contributed by atoms with Crippen LogP contribution in [0.3, 0.4) is 0 Å². The van der Waals surface area contributed by atoms with Gasteiger partial charge in [0.1, 0.15) is 6.61 Å². The van der Waals surface area contributed by atoms with E-state index in [4.69, 9.17) is 4.74 Å². The first-order valence-electron chi connectivity index (χ1n) is 3.30. The summed E-state index contributed by atoms with van der Waals surface area (Å²) in [7, 11) is 1.82. The minimum atomic E-state index is -0.282. The van der Waals surface area contributed by atoms with Crippen LogP contribution in [0.4, 0.5) is 0 Å². The standard InChI is InChI=1S/C7H10N2O2/c1-6(10)11-5-7-3-4-9(2)8-7/h3-4H,5H2,1-2H3. The molecule has 0 aliphatic carbocycles. The molecule has 0 amide bonds. The highest BCUT2D eigenvalue weighted by Crippen LogP contribution is 1.96. The van der Waals surface area contributed by atoms with Gasteiger partial charge in [0.05, 0.1) is 5.69 Å². The molecule has 0 bridgehead atoms. The number of ether oxygens (including phenoxy) is 1. The molecule has 0 saturated carbocycles. The van der Waals surface area contributed by atoms with Gasteiger partial charge in [0.2, 0.25) is 0 Å². The number of carbonyl (C=O) groups excluding carboxylic acids is 1. The molecule has 1 rings (SSSR count). The van der Waals surface area contributed by atoms with Crippen LogP contribution in [0.1, 0.15) is 12.6 Å². The summed E-state index contributed by atoms with van der Waals surface area (Å²) in [6.07, 6.45) is 1.80. The van der Waals surface area contributed by atoms with Gasteiger partial charge in [-0.25, -0.2) is 0 Å². The van der Waals surface area contributed by atoms with Crippen molar-refractivity contribution < 1.29 is 9.53 Å². The Hall–Kier alpha value is -1.32. The number of hydrogen-bond donors (Lipinski definition) is 0. The van der Waals surface area contributed by atoms with Crippen LogP contribution >= 0.6 is 0 Å². The molecule has 0 saturated heterocycles. The number of aromatic nitrogens is 2. The van der Waals surface area contributed by atoms with Crippen LogP contribution in [-0.2, 0) is 23.2 Å². The van der Waals surface area contributed by atoms with Gasteiger partial charge < -0.3 is 4.74 Å². The normalized spacial score (nSPS) is 9.64. The number of carbonyl (C=O) groups is 1. The molecule has 0 aromatic carbocycles. The van der Waals surface area contributed by atoms with Gasteiger partial charge in [-0.15, -0.1) is 0 Å². The number of hydrogen-bond acceptors (Lipinski definition) is 3. The molecule has 0 spiro atoms. The Morgan fingerprint density at radius 2 is 2.55 bits per heavy atom. The number of esters is 1. The second-order valence-corrected chi connectivity index (χ2v) is 2.26. The summed E-state index contributed by atoms with van der Waals surface area (Å²) in [5.41, 5.74) is 0.766. The fourth-order valence-corrected chi connectivity index (χ4v) is 0.716. The molecule has 0 fully saturated rings. The third-order valence-electron chi connectivity index (χ3n) is 1.19. The van der Waals surface area contributed by atoms with Crippen molar-refractivity contribution in [3.05, 3.63) is 18.0 Å². The van der Waals surface area contributed by atoms with Crippen LogP contribution in [0, 0.1) is 0 Å². The average molecular weight is 154 g/mol. The van der Waals surface area contributed by atoms with E-state index in [9.17, 15) is 4.79 Å². The lowest BCUT2D eigenvalue weighted by Gasteiger charge is -1.95. The summed E-state index contributed by atoms with van der Waals surface area (Å²) in [6, 6.07) is 1.81. The molecule has 4 nitrogen and oxygen atoms in total. The van der Waals surface area contributed by atoms with Crippen LogP contribution in [0.15, 0.2) is 12.3 Å². The molecule has 1 heterocycles. The van der Waals surface area contributed by atoms with Crippen LogP contribution in [0.5, 0.6) is 0 Å². The van der Waals surface area contributed by atoms with Gasteiger partial charge >= 0.3 is 5.97 Å². The van der Waals surface area contributed by atoms with Gasteiger partial charge in [-0.3, -0.25) is 9.48 Å². The highest BCUT2D eigenvalue weighted by molar-refractivity contribution is 5.65. The van der Waals surface area contributed by atoms with E-state index in [1.165, 1.54) is 6.92 Å².